The van der Waals surface area contributed by atoms with Crippen molar-refractivity contribution in [2.75, 3.05) is 16.8 Å². The third-order valence-corrected chi connectivity index (χ3v) is 4.49. The van der Waals surface area contributed by atoms with Crippen LogP contribution in [0.25, 0.3) is 0 Å². The van der Waals surface area contributed by atoms with Crippen LogP contribution in [0.5, 0.6) is 0 Å². The SMILES string of the molecule is O=C(Nc1ccccc1I)NC1CCSC1. The predicted octanol–water partition coefficient (Wildman–Crippen LogP) is 2.92. The zero-order chi connectivity index (χ0) is 11.4. The Morgan fingerprint density at radius 2 is 2.25 bits per heavy atom. The maximum Gasteiger partial charge on any atom is 0.319 e. The first kappa shape index (κ1) is 12.0. The van der Waals surface area contributed by atoms with E-state index in [0.29, 0.717) is 6.04 Å². The van der Waals surface area contributed by atoms with Crippen molar-refractivity contribution in [1.29, 1.82) is 0 Å². The molecule has 1 unspecified atom stereocenters. The van der Waals surface area contributed by atoms with Crippen molar-refractivity contribution >= 4 is 46.1 Å². The normalized spacial score (nSPS) is 19.4. The summed E-state index contributed by atoms with van der Waals surface area (Å²) >= 11 is 4.10. The van der Waals surface area contributed by atoms with E-state index in [-0.39, 0.29) is 6.03 Å². The van der Waals surface area contributed by atoms with Crippen molar-refractivity contribution in [2.45, 2.75) is 12.5 Å². The molecule has 1 aliphatic rings. The highest BCUT2D eigenvalue weighted by atomic mass is 127. The average Bonchev–Trinajstić information content (AvgIpc) is 2.74. The monoisotopic (exact) mass is 348 g/mol. The molecule has 2 rings (SSSR count). The fraction of sp³-hybridized carbons (Fsp3) is 0.364. The van der Waals surface area contributed by atoms with Crippen LogP contribution in [0.4, 0.5) is 10.5 Å². The van der Waals surface area contributed by atoms with Gasteiger partial charge in [-0.3, -0.25) is 0 Å². The number of nitrogens with one attached hydrogen (secondary N) is 2. The number of hydrogen-bond donors (Lipinski definition) is 2. The lowest BCUT2D eigenvalue weighted by Crippen LogP contribution is -2.37. The summed E-state index contributed by atoms with van der Waals surface area (Å²) in [7, 11) is 0. The van der Waals surface area contributed by atoms with Crippen molar-refractivity contribution in [3.8, 4) is 0 Å². The van der Waals surface area contributed by atoms with Gasteiger partial charge in [-0.1, -0.05) is 12.1 Å². The van der Waals surface area contributed by atoms with Crippen LogP contribution < -0.4 is 10.6 Å². The molecule has 1 aliphatic heterocycles. The molecule has 2 amide bonds. The average molecular weight is 348 g/mol. The fourth-order valence-corrected chi connectivity index (χ4v) is 3.23. The van der Waals surface area contributed by atoms with Crippen LogP contribution >= 0.6 is 34.4 Å². The van der Waals surface area contributed by atoms with Crippen LogP contribution in [0.2, 0.25) is 0 Å². The van der Waals surface area contributed by atoms with Gasteiger partial charge < -0.3 is 10.6 Å². The van der Waals surface area contributed by atoms with E-state index in [4.69, 9.17) is 0 Å². The lowest BCUT2D eigenvalue weighted by molar-refractivity contribution is 0.249. The van der Waals surface area contributed by atoms with E-state index in [2.05, 4.69) is 33.2 Å². The van der Waals surface area contributed by atoms with E-state index in [9.17, 15) is 4.79 Å². The highest BCUT2D eigenvalue weighted by molar-refractivity contribution is 14.1. The first-order valence-corrected chi connectivity index (χ1v) is 7.39. The van der Waals surface area contributed by atoms with Gasteiger partial charge in [0.15, 0.2) is 0 Å². The van der Waals surface area contributed by atoms with Gasteiger partial charge in [-0.25, -0.2) is 4.79 Å². The van der Waals surface area contributed by atoms with Gasteiger partial charge in [-0.05, 0) is 46.9 Å². The number of carbonyl (C=O) groups excluding carboxylic acids is 1. The highest BCUT2D eigenvalue weighted by Crippen LogP contribution is 2.19. The van der Waals surface area contributed by atoms with Gasteiger partial charge in [0.25, 0.3) is 0 Å². The number of rotatable bonds is 2. The molecule has 16 heavy (non-hydrogen) atoms. The van der Waals surface area contributed by atoms with Gasteiger partial charge in [-0.15, -0.1) is 0 Å². The number of carbonyl (C=O) groups is 1. The van der Waals surface area contributed by atoms with Crippen LogP contribution in [0.3, 0.4) is 0 Å². The van der Waals surface area contributed by atoms with Crippen molar-refractivity contribution < 1.29 is 4.79 Å². The van der Waals surface area contributed by atoms with Gasteiger partial charge in [0.05, 0.1) is 5.69 Å². The molecule has 0 radical (unpaired) electrons. The third-order valence-electron chi connectivity index (χ3n) is 2.39. The minimum Gasteiger partial charge on any atom is -0.334 e. The summed E-state index contributed by atoms with van der Waals surface area (Å²) in [6, 6.07) is 7.98. The summed E-state index contributed by atoms with van der Waals surface area (Å²) in [6.07, 6.45) is 1.07. The second-order valence-corrected chi connectivity index (χ2v) is 5.95. The molecule has 1 aromatic carbocycles. The van der Waals surface area contributed by atoms with E-state index in [0.717, 1.165) is 27.2 Å². The van der Waals surface area contributed by atoms with Crippen molar-refractivity contribution in [3.63, 3.8) is 0 Å². The number of thioether (sulfide) groups is 1. The fourth-order valence-electron chi connectivity index (χ4n) is 1.55. The lowest BCUT2D eigenvalue weighted by Gasteiger charge is -2.13. The number of urea groups is 1. The molecule has 1 atom stereocenters. The number of amides is 2. The van der Waals surface area contributed by atoms with Crippen molar-refractivity contribution in [2.24, 2.45) is 0 Å². The van der Waals surface area contributed by atoms with Crippen molar-refractivity contribution in [1.82, 2.24) is 5.32 Å². The molecule has 86 valence electrons. The first-order chi connectivity index (χ1) is 7.75. The number of benzene rings is 1. The number of hydrogen-bond acceptors (Lipinski definition) is 2. The van der Waals surface area contributed by atoms with Crippen molar-refractivity contribution in [3.05, 3.63) is 27.8 Å². The van der Waals surface area contributed by atoms with Gasteiger partial charge in [0.2, 0.25) is 0 Å². The summed E-state index contributed by atoms with van der Waals surface area (Å²) in [5.74, 6) is 2.17. The maximum atomic E-state index is 11.7. The zero-order valence-corrected chi connectivity index (χ0v) is 11.7. The summed E-state index contributed by atoms with van der Waals surface area (Å²) in [5.41, 5.74) is 0.867. The minimum atomic E-state index is -0.100. The predicted molar refractivity (Wildman–Crippen MR) is 77.0 cm³/mol. The van der Waals surface area contributed by atoms with Gasteiger partial charge >= 0.3 is 6.03 Å². The van der Waals surface area contributed by atoms with E-state index < -0.39 is 0 Å². The molecular weight excluding hydrogens is 335 g/mol. The Kier molecular flexibility index (Phi) is 4.34. The molecule has 1 fully saturated rings. The Morgan fingerprint density at radius 1 is 1.44 bits per heavy atom. The van der Waals surface area contributed by atoms with Gasteiger partial charge in [-0.2, -0.15) is 11.8 Å². The van der Waals surface area contributed by atoms with Gasteiger partial charge in [0, 0.05) is 15.4 Å². The van der Waals surface area contributed by atoms with E-state index in [1.54, 1.807) is 0 Å². The Hall–Kier alpha value is -0.430. The molecule has 0 aromatic heterocycles. The summed E-state index contributed by atoms with van der Waals surface area (Å²) in [6.45, 7) is 0. The largest absolute Gasteiger partial charge is 0.334 e. The van der Waals surface area contributed by atoms with E-state index >= 15 is 0 Å². The molecule has 5 heteroatoms. The van der Waals surface area contributed by atoms with Crippen LogP contribution in [0, 0.1) is 3.57 Å². The maximum absolute atomic E-state index is 11.7. The zero-order valence-electron chi connectivity index (χ0n) is 8.70. The quantitative estimate of drug-likeness (QED) is 0.807. The highest BCUT2D eigenvalue weighted by Gasteiger charge is 2.17. The minimum absolute atomic E-state index is 0.100. The molecular formula is C11H13IN2OS. The second kappa shape index (κ2) is 5.77. The Balaban J connectivity index is 1.89. The van der Waals surface area contributed by atoms with Crippen LogP contribution in [-0.2, 0) is 0 Å². The van der Waals surface area contributed by atoms with E-state index in [1.807, 2.05) is 36.0 Å². The molecule has 2 N–H and O–H groups in total. The van der Waals surface area contributed by atoms with E-state index in [1.165, 1.54) is 0 Å². The molecule has 1 heterocycles. The van der Waals surface area contributed by atoms with Crippen LogP contribution in [0.1, 0.15) is 6.42 Å². The third kappa shape index (κ3) is 3.28. The first-order valence-electron chi connectivity index (χ1n) is 5.15. The number of anilines is 1. The summed E-state index contributed by atoms with van der Waals surface area (Å²) in [5, 5.41) is 5.85. The summed E-state index contributed by atoms with van der Waals surface area (Å²) < 4.78 is 1.05. The lowest BCUT2D eigenvalue weighted by atomic mass is 10.3. The van der Waals surface area contributed by atoms with Crippen LogP contribution in [-0.4, -0.2) is 23.6 Å². The second-order valence-electron chi connectivity index (χ2n) is 3.64. The molecule has 0 saturated carbocycles. The Bertz CT molecular complexity index is 380. The standard InChI is InChI=1S/C11H13IN2OS/c12-9-3-1-2-4-10(9)14-11(15)13-8-5-6-16-7-8/h1-4,8H,5-7H2,(H2,13,14,15). The number of para-hydroxylation sites is 1. The molecule has 1 aromatic rings. The Morgan fingerprint density at radius 3 is 2.94 bits per heavy atom. The number of halogens is 1. The van der Waals surface area contributed by atoms with Crippen LogP contribution in [0.15, 0.2) is 24.3 Å². The van der Waals surface area contributed by atoms with Gasteiger partial charge in [0.1, 0.15) is 0 Å². The molecule has 3 nitrogen and oxygen atoms in total. The molecule has 0 aliphatic carbocycles. The molecule has 1 saturated heterocycles. The summed E-state index contributed by atoms with van der Waals surface area (Å²) in [4.78, 5) is 11.7. The molecule has 0 bridgehead atoms. The Labute approximate surface area is 113 Å². The smallest absolute Gasteiger partial charge is 0.319 e. The topological polar surface area (TPSA) is 41.1 Å². The molecule has 0 spiro atoms.